The molecule has 0 bridgehead atoms. The van der Waals surface area contributed by atoms with Crippen molar-refractivity contribution < 1.29 is 18.8 Å². The number of hydrogen-bond acceptors (Lipinski definition) is 6. The van der Waals surface area contributed by atoms with Crippen molar-refractivity contribution in [3.63, 3.8) is 0 Å². The predicted octanol–water partition coefficient (Wildman–Crippen LogP) is 3.28. The van der Waals surface area contributed by atoms with E-state index in [4.69, 9.17) is 20.9 Å². The SMILES string of the molecule is CC(=O)c1c[nH]c(C(=O)OCc2nc(-c3cccc(Cl)c3)no2)c1. The number of nitrogens with one attached hydrogen (secondary N) is 1. The fourth-order valence-corrected chi connectivity index (χ4v) is 2.17. The molecular formula is C16H12ClN3O4. The zero-order valence-electron chi connectivity index (χ0n) is 12.6. The van der Waals surface area contributed by atoms with Gasteiger partial charge in [0.15, 0.2) is 12.4 Å². The maximum Gasteiger partial charge on any atom is 0.355 e. The predicted molar refractivity (Wildman–Crippen MR) is 84.7 cm³/mol. The summed E-state index contributed by atoms with van der Waals surface area (Å²) >= 11 is 5.91. The molecule has 0 fully saturated rings. The molecule has 1 aromatic carbocycles. The van der Waals surface area contributed by atoms with E-state index in [9.17, 15) is 9.59 Å². The summed E-state index contributed by atoms with van der Waals surface area (Å²) in [6.45, 7) is 1.23. The van der Waals surface area contributed by atoms with Gasteiger partial charge in [0.05, 0.1) is 0 Å². The lowest BCUT2D eigenvalue weighted by atomic mass is 10.2. The first kappa shape index (κ1) is 15.9. The standard InChI is InChI=1S/C16H12ClN3O4/c1-9(21)11-6-13(18-7-11)16(22)23-8-14-19-15(20-24-14)10-3-2-4-12(17)5-10/h2-7,18H,8H2,1H3. The zero-order valence-corrected chi connectivity index (χ0v) is 13.3. The van der Waals surface area contributed by atoms with Crippen LogP contribution in [-0.2, 0) is 11.3 Å². The monoisotopic (exact) mass is 345 g/mol. The Bertz CT molecular complexity index is 900. The van der Waals surface area contributed by atoms with Crippen molar-refractivity contribution in [1.29, 1.82) is 0 Å². The van der Waals surface area contributed by atoms with E-state index in [-0.39, 0.29) is 24.0 Å². The van der Waals surface area contributed by atoms with E-state index >= 15 is 0 Å². The molecule has 0 atom stereocenters. The third-order valence-corrected chi connectivity index (χ3v) is 3.42. The van der Waals surface area contributed by atoms with Crippen molar-refractivity contribution in [2.24, 2.45) is 0 Å². The molecule has 8 heteroatoms. The fourth-order valence-electron chi connectivity index (χ4n) is 1.98. The number of Topliss-reactive ketones (excluding diaryl/α,β-unsaturated/α-hetero) is 1. The van der Waals surface area contributed by atoms with Crippen LogP contribution >= 0.6 is 11.6 Å². The van der Waals surface area contributed by atoms with Gasteiger partial charge in [-0.25, -0.2) is 4.79 Å². The highest BCUT2D eigenvalue weighted by Crippen LogP contribution is 2.20. The Labute approximate surface area is 141 Å². The van der Waals surface area contributed by atoms with Gasteiger partial charge in [0, 0.05) is 22.3 Å². The highest BCUT2D eigenvalue weighted by atomic mass is 35.5. The third kappa shape index (κ3) is 3.52. The summed E-state index contributed by atoms with van der Waals surface area (Å²) in [5, 5.41) is 4.37. The van der Waals surface area contributed by atoms with E-state index in [1.54, 1.807) is 24.3 Å². The zero-order chi connectivity index (χ0) is 17.1. The number of benzene rings is 1. The molecule has 0 radical (unpaired) electrons. The van der Waals surface area contributed by atoms with Gasteiger partial charge in [-0.3, -0.25) is 4.79 Å². The average molecular weight is 346 g/mol. The first-order valence-electron chi connectivity index (χ1n) is 6.98. The van der Waals surface area contributed by atoms with Gasteiger partial charge in [-0.1, -0.05) is 28.9 Å². The number of ether oxygens (including phenoxy) is 1. The first-order valence-corrected chi connectivity index (χ1v) is 7.36. The smallest absolute Gasteiger partial charge is 0.355 e. The van der Waals surface area contributed by atoms with Gasteiger partial charge in [-0.15, -0.1) is 0 Å². The Morgan fingerprint density at radius 1 is 1.33 bits per heavy atom. The molecule has 3 rings (SSSR count). The van der Waals surface area contributed by atoms with Crippen LogP contribution < -0.4 is 0 Å². The van der Waals surface area contributed by atoms with Crippen LogP contribution in [0.4, 0.5) is 0 Å². The lowest BCUT2D eigenvalue weighted by Crippen LogP contribution is -2.05. The summed E-state index contributed by atoms with van der Waals surface area (Å²) in [5.74, 6) is -0.266. The van der Waals surface area contributed by atoms with Gasteiger partial charge in [0.2, 0.25) is 5.82 Å². The quantitative estimate of drug-likeness (QED) is 0.563. The molecule has 0 saturated heterocycles. The van der Waals surface area contributed by atoms with Crippen molar-refractivity contribution in [2.45, 2.75) is 13.5 Å². The van der Waals surface area contributed by atoms with Crippen molar-refractivity contribution in [2.75, 3.05) is 0 Å². The van der Waals surface area contributed by atoms with Crippen molar-refractivity contribution >= 4 is 23.4 Å². The van der Waals surface area contributed by atoms with Crippen LogP contribution in [-0.4, -0.2) is 26.9 Å². The second-order valence-electron chi connectivity index (χ2n) is 4.96. The summed E-state index contributed by atoms with van der Waals surface area (Å²) in [7, 11) is 0. The molecule has 0 unspecified atom stereocenters. The largest absolute Gasteiger partial charge is 0.451 e. The van der Waals surface area contributed by atoms with E-state index in [0.29, 0.717) is 22.0 Å². The van der Waals surface area contributed by atoms with E-state index in [1.165, 1.54) is 19.2 Å². The molecule has 0 spiro atoms. The molecule has 0 saturated carbocycles. The molecule has 0 aliphatic heterocycles. The summed E-state index contributed by atoms with van der Waals surface area (Å²) in [6.07, 6.45) is 1.45. The maximum atomic E-state index is 11.9. The van der Waals surface area contributed by atoms with Crippen LogP contribution in [0.15, 0.2) is 41.1 Å². The Hall–Kier alpha value is -2.93. The fraction of sp³-hybridized carbons (Fsp3) is 0.125. The lowest BCUT2D eigenvalue weighted by molar-refractivity contribution is 0.0423. The number of esters is 1. The second kappa shape index (κ2) is 6.67. The molecule has 24 heavy (non-hydrogen) atoms. The van der Waals surface area contributed by atoms with Gasteiger partial charge in [0.1, 0.15) is 5.69 Å². The number of hydrogen-bond donors (Lipinski definition) is 1. The van der Waals surface area contributed by atoms with Crippen molar-refractivity contribution in [3.8, 4) is 11.4 Å². The number of aromatic nitrogens is 3. The summed E-state index contributed by atoms with van der Waals surface area (Å²) in [6, 6.07) is 8.42. The summed E-state index contributed by atoms with van der Waals surface area (Å²) < 4.78 is 10.1. The Kier molecular flexibility index (Phi) is 4.43. The van der Waals surface area contributed by atoms with E-state index < -0.39 is 5.97 Å². The summed E-state index contributed by atoms with van der Waals surface area (Å²) in [5.41, 5.74) is 1.28. The summed E-state index contributed by atoms with van der Waals surface area (Å²) in [4.78, 5) is 29.9. The Balaban J connectivity index is 1.64. The normalized spacial score (nSPS) is 10.6. The highest BCUT2D eigenvalue weighted by Gasteiger charge is 2.15. The van der Waals surface area contributed by atoms with E-state index in [1.807, 2.05) is 0 Å². The maximum absolute atomic E-state index is 11.9. The third-order valence-electron chi connectivity index (χ3n) is 3.19. The number of rotatable bonds is 5. The molecule has 2 aromatic heterocycles. The molecule has 1 N–H and O–H groups in total. The van der Waals surface area contributed by atoms with Gasteiger partial charge < -0.3 is 14.2 Å². The highest BCUT2D eigenvalue weighted by molar-refractivity contribution is 6.30. The Morgan fingerprint density at radius 2 is 2.17 bits per heavy atom. The molecule has 0 amide bonds. The molecular weight excluding hydrogens is 334 g/mol. The van der Waals surface area contributed by atoms with Crippen LogP contribution in [0.3, 0.4) is 0 Å². The second-order valence-corrected chi connectivity index (χ2v) is 5.39. The first-order chi connectivity index (χ1) is 11.5. The number of halogens is 1. The van der Waals surface area contributed by atoms with Crippen LogP contribution in [0.1, 0.15) is 33.7 Å². The van der Waals surface area contributed by atoms with E-state index in [2.05, 4.69) is 15.1 Å². The van der Waals surface area contributed by atoms with Crippen LogP contribution in [0.5, 0.6) is 0 Å². The molecule has 3 aromatic rings. The molecule has 0 aliphatic rings. The Morgan fingerprint density at radius 3 is 2.88 bits per heavy atom. The van der Waals surface area contributed by atoms with E-state index in [0.717, 1.165) is 0 Å². The number of nitrogens with zero attached hydrogens (tertiary/aromatic N) is 2. The minimum absolute atomic E-state index is 0.145. The average Bonchev–Trinajstić information content (AvgIpc) is 3.22. The molecule has 0 aliphatic carbocycles. The van der Waals surface area contributed by atoms with Gasteiger partial charge in [0.25, 0.3) is 5.89 Å². The number of ketones is 1. The van der Waals surface area contributed by atoms with Crippen molar-refractivity contribution in [3.05, 3.63) is 58.7 Å². The molecule has 122 valence electrons. The van der Waals surface area contributed by atoms with Crippen LogP contribution in [0.25, 0.3) is 11.4 Å². The van der Waals surface area contributed by atoms with Crippen molar-refractivity contribution in [1.82, 2.24) is 15.1 Å². The van der Waals surface area contributed by atoms with Gasteiger partial charge in [-0.05, 0) is 25.1 Å². The van der Waals surface area contributed by atoms with Gasteiger partial charge in [-0.2, -0.15) is 4.98 Å². The minimum Gasteiger partial charge on any atom is -0.451 e. The lowest BCUT2D eigenvalue weighted by Gasteiger charge is -1.98. The topological polar surface area (TPSA) is 98.1 Å². The van der Waals surface area contributed by atoms with Crippen LogP contribution in [0.2, 0.25) is 5.02 Å². The molecule has 7 nitrogen and oxygen atoms in total. The minimum atomic E-state index is -0.620. The van der Waals surface area contributed by atoms with Crippen LogP contribution in [0, 0.1) is 0 Å². The molecule has 2 heterocycles. The number of carbonyl (C=O) groups excluding carboxylic acids is 2. The number of carbonyl (C=O) groups is 2. The number of aromatic amines is 1. The number of H-pyrrole nitrogens is 1. The van der Waals surface area contributed by atoms with Gasteiger partial charge >= 0.3 is 5.97 Å².